The number of ether oxygens (including phenoxy) is 1. The van der Waals surface area contributed by atoms with Gasteiger partial charge >= 0.3 is 5.97 Å². The zero-order valence-corrected chi connectivity index (χ0v) is 11.6. The smallest absolute Gasteiger partial charge is 0.328 e. The van der Waals surface area contributed by atoms with Gasteiger partial charge in [-0.15, -0.1) is 0 Å². The number of benzene rings is 1. The molecule has 0 saturated carbocycles. The first-order valence-corrected chi connectivity index (χ1v) is 7.25. The van der Waals surface area contributed by atoms with Crippen LogP contribution in [0.3, 0.4) is 0 Å². The summed E-state index contributed by atoms with van der Waals surface area (Å²) in [6.07, 6.45) is 5.11. The Morgan fingerprint density at radius 3 is 2.70 bits per heavy atom. The van der Waals surface area contributed by atoms with Gasteiger partial charge in [0, 0.05) is 12.8 Å². The summed E-state index contributed by atoms with van der Waals surface area (Å²) in [6, 6.07) is 9.93. The molecule has 4 heteroatoms. The van der Waals surface area contributed by atoms with Crippen molar-refractivity contribution in [2.24, 2.45) is 0 Å². The van der Waals surface area contributed by atoms with E-state index in [-0.39, 0.29) is 11.9 Å². The lowest BCUT2D eigenvalue weighted by molar-refractivity contribution is -0.141. The van der Waals surface area contributed by atoms with Crippen LogP contribution in [0.1, 0.15) is 37.7 Å². The molecule has 0 aromatic heterocycles. The first kappa shape index (κ1) is 14.6. The van der Waals surface area contributed by atoms with Crippen LogP contribution in [0, 0.1) is 0 Å². The summed E-state index contributed by atoms with van der Waals surface area (Å²) >= 11 is 0. The fraction of sp³-hybridized carbons (Fsp3) is 0.500. The molecule has 1 aliphatic heterocycles. The molecule has 1 saturated heterocycles. The third-order valence-corrected chi connectivity index (χ3v) is 3.48. The third-order valence-electron chi connectivity index (χ3n) is 3.48. The molecule has 0 radical (unpaired) electrons. The van der Waals surface area contributed by atoms with Crippen LogP contribution in [0.5, 0.6) is 0 Å². The predicted octanol–water partition coefficient (Wildman–Crippen LogP) is 2.22. The standard InChI is InChI=1S/C16H21NO3/c18-15(17-14-11-12-20-16(14)19)10-6-2-5-9-13-7-3-1-4-8-13/h1,3-4,7-8,14H,2,5-6,9-12H2,(H,17,18)/t14-/m0/s1. The first-order valence-electron chi connectivity index (χ1n) is 7.25. The number of carbonyl (C=O) groups excluding carboxylic acids is 2. The zero-order chi connectivity index (χ0) is 14.2. The van der Waals surface area contributed by atoms with Crippen LogP contribution in [-0.4, -0.2) is 24.5 Å². The highest BCUT2D eigenvalue weighted by Gasteiger charge is 2.27. The molecule has 0 bridgehead atoms. The van der Waals surface area contributed by atoms with Crippen molar-refractivity contribution in [3.05, 3.63) is 35.9 Å². The van der Waals surface area contributed by atoms with E-state index < -0.39 is 6.04 Å². The molecule has 1 amide bonds. The predicted molar refractivity (Wildman–Crippen MR) is 76.1 cm³/mol. The average Bonchev–Trinajstić information content (AvgIpc) is 2.85. The van der Waals surface area contributed by atoms with E-state index in [1.807, 2.05) is 18.2 Å². The molecule has 1 aromatic carbocycles. The summed E-state index contributed by atoms with van der Waals surface area (Å²) in [5, 5.41) is 2.72. The minimum atomic E-state index is -0.424. The lowest BCUT2D eigenvalue weighted by Crippen LogP contribution is -2.37. The van der Waals surface area contributed by atoms with Gasteiger partial charge in [-0.25, -0.2) is 4.79 Å². The van der Waals surface area contributed by atoms with Crippen LogP contribution < -0.4 is 5.32 Å². The summed E-state index contributed by atoms with van der Waals surface area (Å²) in [5.41, 5.74) is 1.34. The Kier molecular flexibility index (Phi) is 5.59. The largest absolute Gasteiger partial charge is 0.464 e. The van der Waals surface area contributed by atoms with E-state index in [4.69, 9.17) is 4.74 Å². The van der Waals surface area contributed by atoms with Crippen molar-refractivity contribution in [2.45, 2.75) is 44.6 Å². The molecule has 0 unspecified atom stereocenters. The van der Waals surface area contributed by atoms with Crippen LogP contribution in [0.25, 0.3) is 0 Å². The highest BCUT2D eigenvalue weighted by Crippen LogP contribution is 2.09. The van der Waals surface area contributed by atoms with Gasteiger partial charge in [0.15, 0.2) is 0 Å². The highest BCUT2D eigenvalue weighted by atomic mass is 16.5. The van der Waals surface area contributed by atoms with Gasteiger partial charge < -0.3 is 10.1 Å². The summed E-state index contributed by atoms with van der Waals surface area (Å²) in [6.45, 7) is 0.418. The van der Waals surface area contributed by atoms with Crippen molar-refractivity contribution in [2.75, 3.05) is 6.61 Å². The zero-order valence-electron chi connectivity index (χ0n) is 11.6. The Morgan fingerprint density at radius 1 is 1.20 bits per heavy atom. The number of carbonyl (C=O) groups is 2. The number of cyclic esters (lactones) is 1. The molecule has 1 fully saturated rings. The maximum Gasteiger partial charge on any atom is 0.328 e. The maximum absolute atomic E-state index is 11.7. The topological polar surface area (TPSA) is 55.4 Å². The molecule has 1 aromatic rings. The minimum Gasteiger partial charge on any atom is -0.464 e. The summed E-state index contributed by atoms with van der Waals surface area (Å²) in [5.74, 6) is -0.351. The minimum absolute atomic E-state index is 0.0476. The SMILES string of the molecule is O=C(CCCCCc1ccccc1)N[C@H]1CCOC1=O. The first-order chi connectivity index (χ1) is 9.75. The Bertz CT molecular complexity index is 444. The van der Waals surface area contributed by atoms with Crippen LogP contribution in [-0.2, 0) is 20.7 Å². The van der Waals surface area contributed by atoms with Gasteiger partial charge in [0.2, 0.25) is 5.91 Å². The number of rotatable bonds is 7. The second-order valence-corrected chi connectivity index (χ2v) is 5.12. The Balaban J connectivity index is 1.54. The molecule has 108 valence electrons. The second kappa shape index (κ2) is 7.68. The molecule has 2 rings (SSSR count). The van der Waals surface area contributed by atoms with E-state index in [0.717, 1.165) is 25.7 Å². The summed E-state index contributed by atoms with van der Waals surface area (Å²) in [7, 11) is 0. The van der Waals surface area contributed by atoms with Crippen molar-refractivity contribution in [1.29, 1.82) is 0 Å². The van der Waals surface area contributed by atoms with Crippen molar-refractivity contribution in [3.63, 3.8) is 0 Å². The van der Waals surface area contributed by atoms with Gasteiger partial charge in [-0.3, -0.25) is 4.79 Å². The fourth-order valence-corrected chi connectivity index (χ4v) is 2.33. The van der Waals surface area contributed by atoms with Gasteiger partial charge in [0.05, 0.1) is 6.61 Å². The third kappa shape index (κ3) is 4.68. The van der Waals surface area contributed by atoms with E-state index in [1.165, 1.54) is 5.56 Å². The van der Waals surface area contributed by atoms with Crippen LogP contribution in [0.4, 0.5) is 0 Å². The summed E-state index contributed by atoms with van der Waals surface area (Å²) in [4.78, 5) is 22.9. The number of hydrogen-bond donors (Lipinski definition) is 1. The normalized spacial score (nSPS) is 17.8. The molecular weight excluding hydrogens is 254 g/mol. The Morgan fingerprint density at radius 2 is 2.00 bits per heavy atom. The van der Waals surface area contributed by atoms with Gasteiger partial charge in [-0.1, -0.05) is 36.8 Å². The van der Waals surface area contributed by atoms with Crippen molar-refractivity contribution < 1.29 is 14.3 Å². The van der Waals surface area contributed by atoms with Crippen LogP contribution in [0.15, 0.2) is 30.3 Å². The van der Waals surface area contributed by atoms with Gasteiger partial charge in [-0.05, 0) is 24.8 Å². The molecule has 1 heterocycles. The molecule has 20 heavy (non-hydrogen) atoms. The fourth-order valence-electron chi connectivity index (χ4n) is 2.33. The number of esters is 1. The quantitative estimate of drug-likeness (QED) is 0.613. The molecular formula is C16H21NO3. The maximum atomic E-state index is 11.7. The Labute approximate surface area is 119 Å². The van der Waals surface area contributed by atoms with Gasteiger partial charge in [-0.2, -0.15) is 0 Å². The average molecular weight is 275 g/mol. The van der Waals surface area contributed by atoms with Gasteiger partial charge in [0.1, 0.15) is 6.04 Å². The van der Waals surface area contributed by atoms with E-state index in [2.05, 4.69) is 17.4 Å². The lowest BCUT2D eigenvalue weighted by atomic mass is 10.1. The van der Waals surface area contributed by atoms with E-state index in [1.54, 1.807) is 0 Å². The summed E-state index contributed by atoms with van der Waals surface area (Å²) < 4.78 is 4.80. The number of aryl methyl sites for hydroxylation is 1. The number of unbranched alkanes of at least 4 members (excludes halogenated alkanes) is 2. The van der Waals surface area contributed by atoms with E-state index >= 15 is 0 Å². The van der Waals surface area contributed by atoms with Crippen molar-refractivity contribution >= 4 is 11.9 Å². The monoisotopic (exact) mass is 275 g/mol. The molecule has 0 spiro atoms. The number of hydrogen-bond acceptors (Lipinski definition) is 3. The molecule has 1 atom stereocenters. The van der Waals surface area contributed by atoms with Crippen molar-refractivity contribution in [1.82, 2.24) is 5.32 Å². The molecule has 1 aliphatic rings. The lowest BCUT2D eigenvalue weighted by Gasteiger charge is -2.08. The number of nitrogens with one attached hydrogen (secondary N) is 1. The van der Waals surface area contributed by atoms with Crippen LogP contribution >= 0.6 is 0 Å². The van der Waals surface area contributed by atoms with Gasteiger partial charge in [0.25, 0.3) is 0 Å². The molecule has 0 aliphatic carbocycles. The highest BCUT2D eigenvalue weighted by molar-refractivity contribution is 5.85. The van der Waals surface area contributed by atoms with E-state index in [9.17, 15) is 9.59 Å². The number of amides is 1. The van der Waals surface area contributed by atoms with Crippen molar-refractivity contribution in [3.8, 4) is 0 Å². The van der Waals surface area contributed by atoms with E-state index in [0.29, 0.717) is 19.4 Å². The second-order valence-electron chi connectivity index (χ2n) is 5.12. The molecule has 1 N–H and O–H groups in total. The van der Waals surface area contributed by atoms with Crippen LogP contribution in [0.2, 0.25) is 0 Å². The molecule has 4 nitrogen and oxygen atoms in total. The Hall–Kier alpha value is -1.84.